The first-order valence-electron chi connectivity index (χ1n) is 8.83. The van der Waals surface area contributed by atoms with Crippen molar-refractivity contribution in [2.45, 2.75) is 12.8 Å². The van der Waals surface area contributed by atoms with Crippen LogP contribution in [0.1, 0.15) is 12.8 Å². The van der Waals surface area contributed by atoms with Crippen LogP contribution >= 0.6 is 0 Å². The standard InChI is InChI=1S/C18H28N4O3/c19-8-9-21-18(24)15-5-4-11-22(13-15)14-17(23)20-10-12-25-16-6-2-1-3-7-16/h1-3,6-7,15H,4-5,8-14,19H2,(H,20,23)(H,21,24). The van der Waals surface area contributed by atoms with Gasteiger partial charge in [0.1, 0.15) is 12.4 Å². The molecule has 1 aromatic rings. The highest BCUT2D eigenvalue weighted by Crippen LogP contribution is 2.16. The van der Waals surface area contributed by atoms with Gasteiger partial charge in [0.15, 0.2) is 0 Å². The Bertz CT molecular complexity index is 538. The molecular weight excluding hydrogens is 320 g/mol. The van der Waals surface area contributed by atoms with Gasteiger partial charge in [0.05, 0.1) is 19.0 Å². The van der Waals surface area contributed by atoms with Gasteiger partial charge in [-0.1, -0.05) is 18.2 Å². The van der Waals surface area contributed by atoms with Crippen molar-refractivity contribution in [1.29, 1.82) is 0 Å². The Balaban J connectivity index is 1.63. The lowest BCUT2D eigenvalue weighted by molar-refractivity contribution is -0.128. The van der Waals surface area contributed by atoms with E-state index >= 15 is 0 Å². The number of amides is 2. The minimum atomic E-state index is -0.0606. The van der Waals surface area contributed by atoms with Crippen LogP contribution in [0.4, 0.5) is 0 Å². The molecule has 1 atom stereocenters. The first-order valence-corrected chi connectivity index (χ1v) is 8.83. The molecule has 0 radical (unpaired) electrons. The number of hydrogen-bond acceptors (Lipinski definition) is 5. The summed E-state index contributed by atoms with van der Waals surface area (Å²) in [7, 11) is 0. The van der Waals surface area contributed by atoms with Crippen LogP contribution in [0.5, 0.6) is 5.75 Å². The minimum absolute atomic E-state index is 0.0341. The van der Waals surface area contributed by atoms with E-state index in [0.29, 0.717) is 39.3 Å². The fourth-order valence-electron chi connectivity index (χ4n) is 2.89. The van der Waals surface area contributed by atoms with Gasteiger partial charge in [-0.05, 0) is 31.5 Å². The summed E-state index contributed by atoms with van der Waals surface area (Å²) in [6.07, 6.45) is 1.78. The molecule has 1 saturated heterocycles. The number of carbonyl (C=O) groups excluding carboxylic acids is 2. The lowest BCUT2D eigenvalue weighted by Crippen LogP contribution is -2.47. The summed E-state index contributed by atoms with van der Waals surface area (Å²) in [4.78, 5) is 26.1. The average molecular weight is 348 g/mol. The van der Waals surface area contributed by atoms with E-state index in [1.165, 1.54) is 0 Å². The number of carbonyl (C=O) groups is 2. The molecule has 0 saturated carbocycles. The third-order valence-electron chi connectivity index (χ3n) is 4.12. The quantitative estimate of drug-likeness (QED) is 0.545. The van der Waals surface area contributed by atoms with E-state index in [2.05, 4.69) is 10.6 Å². The van der Waals surface area contributed by atoms with E-state index in [4.69, 9.17) is 10.5 Å². The fraction of sp³-hybridized carbons (Fsp3) is 0.556. The topological polar surface area (TPSA) is 96.7 Å². The zero-order chi connectivity index (χ0) is 17.9. The van der Waals surface area contributed by atoms with Gasteiger partial charge in [-0.25, -0.2) is 0 Å². The average Bonchev–Trinajstić information content (AvgIpc) is 2.64. The van der Waals surface area contributed by atoms with Crippen LogP contribution in [-0.2, 0) is 9.59 Å². The summed E-state index contributed by atoms with van der Waals surface area (Å²) in [5.41, 5.74) is 5.41. The van der Waals surface area contributed by atoms with Crippen molar-refractivity contribution in [3.05, 3.63) is 30.3 Å². The lowest BCUT2D eigenvalue weighted by atomic mass is 9.97. The Kier molecular flexibility index (Phi) is 8.21. The van der Waals surface area contributed by atoms with Gasteiger partial charge in [-0.3, -0.25) is 14.5 Å². The summed E-state index contributed by atoms with van der Waals surface area (Å²) in [5, 5.41) is 5.68. The fourth-order valence-corrected chi connectivity index (χ4v) is 2.89. The Morgan fingerprint density at radius 3 is 2.76 bits per heavy atom. The third-order valence-corrected chi connectivity index (χ3v) is 4.12. The van der Waals surface area contributed by atoms with Crippen LogP contribution in [0, 0.1) is 5.92 Å². The number of piperidine rings is 1. The summed E-state index contributed by atoms with van der Waals surface area (Å²) in [6.45, 7) is 3.60. The third kappa shape index (κ3) is 7.11. The Labute approximate surface area is 148 Å². The van der Waals surface area contributed by atoms with Crippen molar-refractivity contribution in [3.63, 3.8) is 0 Å². The zero-order valence-corrected chi connectivity index (χ0v) is 14.6. The van der Waals surface area contributed by atoms with Crippen molar-refractivity contribution >= 4 is 11.8 Å². The van der Waals surface area contributed by atoms with Gasteiger partial charge in [0.2, 0.25) is 11.8 Å². The van der Waals surface area contributed by atoms with Gasteiger partial charge in [0, 0.05) is 19.6 Å². The molecule has 0 spiro atoms. The summed E-state index contributed by atoms with van der Waals surface area (Å²) < 4.78 is 5.54. The molecule has 1 unspecified atom stereocenters. The number of ether oxygens (including phenoxy) is 1. The predicted molar refractivity (Wildman–Crippen MR) is 96.2 cm³/mol. The number of hydrogen-bond donors (Lipinski definition) is 3. The molecule has 4 N–H and O–H groups in total. The van der Waals surface area contributed by atoms with Crippen LogP contribution in [0.2, 0.25) is 0 Å². The molecule has 1 aromatic carbocycles. The Morgan fingerprint density at radius 2 is 2.00 bits per heavy atom. The normalized spacial score (nSPS) is 17.7. The maximum absolute atomic E-state index is 12.0. The van der Waals surface area contributed by atoms with E-state index < -0.39 is 0 Å². The van der Waals surface area contributed by atoms with E-state index in [-0.39, 0.29) is 17.7 Å². The second kappa shape index (κ2) is 10.7. The zero-order valence-electron chi connectivity index (χ0n) is 14.6. The second-order valence-electron chi connectivity index (χ2n) is 6.17. The summed E-state index contributed by atoms with van der Waals surface area (Å²) in [6, 6.07) is 9.50. The molecule has 1 aliphatic heterocycles. The molecule has 1 fully saturated rings. The maximum Gasteiger partial charge on any atom is 0.234 e. The number of rotatable bonds is 9. The summed E-state index contributed by atoms with van der Waals surface area (Å²) >= 11 is 0. The number of nitrogens with zero attached hydrogens (tertiary/aromatic N) is 1. The molecule has 1 aliphatic rings. The number of nitrogens with one attached hydrogen (secondary N) is 2. The molecule has 2 rings (SSSR count). The van der Waals surface area contributed by atoms with E-state index in [0.717, 1.165) is 25.1 Å². The van der Waals surface area contributed by atoms with E-state index in [9.17, 15) is 9.59 Å². The van der Waals surface area contributed by atoms with Crippen molar-refractivity contribution < 1.29 is 14.3 Å². The van der Waals surface area contributed by atoms with Crippen molar-refractivity contribution in [2.75, 3.05) is 45.9 Å². The van der Waals surface area contributed by atoms with Gasteiger partial charge in [-0.2, -0.15) is 0 Å². The van der Waals surface area contributed by atoms with Crippen LogP contribution in [-0.4, -0.2) is 62.6 Å². The lowest BCUT2D eigenvalue weighted by Gasteiger charge is -2.31. The molecule has 0 aliphatic carbocycles. The van der Waals surface area contributed by atoms with Crippen LogP contribution in [0.25, 0.3) is 0 Å². The number of benzene rings is 1. The Morgan fingerprint density at radius 1 is 1.20 bits per heavy atom. The van der Waals surface area contributed by atoms with Crippen molar-refractivity contribution in [3.8, 4) is 5.75 Å². The van der Waals surface area contributed by atoms with Gasteiger partial charge in [-0.15, -0.1) is 0 Å². The molecule has 1 heterocycles. The molecular formula is C18H28N4O3. The van der Waals surface area contributed by atoms with Gasteiger partial charge in [0.25, 0.3) is 0 Å². The highest BCUT2D eigenvalue weighted by Gasteiger charge is 2.26. The number of para-hydroxylation sites is 1. The van der Waals surface area contributed by atoms with Crippen molar-refractivity contribution in [1.82, 2.24) is 15.5 Å². The first kappa shape index (κ1) is 19.2. The predicted octanol–water partition coefficient (Wildman–Crippen LogP) is -0.0315. The molecule has 2 amide bonds. The maximum atomic E-state index is 12.0. The molecule has 0 bridgehead atoms. The highest BCUT2D eigenvalue weighted by molar-refractivity contribution is 5.80. The van der Waals surface area contributed by atoms with Crippen LogP contribution in [0.3, 0.4) is 0 Å². The smallest absolute Gasteiger partial charge is 0.234 e. The molecule has 25 heavy (non-hydrogen) atoms. The number of nitrogens with two attached hydrogens (primary N) is 1. The molecule has 7 nitrogen and oxygen atoms in total. The van der Waals surface area contributed by atoms with Crippen LogP contribution in [0.15, 0.2) is 30.3 Å². The monoisotopic (exact) mass is 348 g/mol. The molecule has 7 heteroatoms. The number of likely N-dealkylation sites (tertiary alicyclic amines) is 1. The first-order chi connectivity index (χ1) is 12.2. The second-order valence-corrected chi connectivity index (χ2v) is 6.17. The molecule has 138 valence electrons. The summed E-state index contributed by atoms with van der Waals surface area (Å²) in [5.74, 6) is 0.722. The Hall–Kier alpha value is -2.12. The van der Waals surface area contributed by atoms with Crippen molar-refractivity contribution in [2.24, 2.45) is 11.7 Å². The minimum Gasteiger partial charge on any atom is -0.492 e. The highest BCUT2D eigenvalue weighted by atomic mass is 16.5. The van der Waals surface area contributed by atoms with E-state index in [1.54, 1.807) is 0 Å². The largest absolute Gasteiger partial charge is 0.492 e. The van der Waals surface area contributed by atoms with Gasteiger partial charge >= 0.3 is 0 Å². The van der Waals surface area contributed by atoms with Crippen LogP contribution < -0.4 is 21.1 Å². The van der Waals surface area contributed by atoms with Gasteiger partial charge < -0.3 is 21.1 Å². The SMILES string of the molecule is NCCNC(=O)C1CCCN(CC(=O)NCCOc2ccccc2)C1. The van der Waals surface area contributed by atoms with E-state index in [1.807, 2.05) is 35.2 Å². The molecule has 0 aromatic heterocycles.